The van der Waals surface area contributed by atoms with Crippen LogP contribution in [0.5, 0.6) is 0 Å². The topological polar surface area (TPSA) is 28.5 Å². The number of carbonyl (C=O) groups is 1. The molecule has 0 radical (unpaired) electrons. The summed E-state index contributed by atoms with van der Waals surface area (Å²) in [5.74, 6) is 0.125. The molecule has 1 aliphatic heterocycles. The van der Waals surface area contributed by atoms with E-state index < -0.39 is 0 Å². The first-order valence-electron chi connectivity index (χ1n) is 7.95. The molecule has 122 valence electrons. The zero-order valence-electron chi connectivity index (χ0n) is 13.6. The highest BCUT2D eigenvalue weighted by Crippen LogP contribution is 2.20. The van der Waals surface area contributed by atoms with E-state index >= 15 is 0 Å². The van der Waals surface area contributed by atoms with E-state index in [2.05, 4.69) is 53.7 Å². The van der Waals surface area contributed by atoms with Crippen molar-refractivity contribution in [2.75, 3.05) is 27.2 Å². The molecule has 0 spiro atoms. The molecule has 1 saturated heterocycles. The lowest BCUT2D eigenvalue weighted by atomic mass is 10.0. The number of likely N-dealkylation sites (tertiary alicyclic amines) is 1. The Morgan fingerprint density at radius 3 is 2.83 bits per heavy atom. The Hall–Kier alpha value is -1.34. The summed E-state index contributed by atoms with van der Waals surface area (Å²) < 4.78 is 3.15. The fourth-order valence-corrected chi connectivity index (χ4v) is 3.66. The largest absolute Gasteiger partial charge is 0.336 e. The molecule has 3 rings (SSSR count). The molecule has 23 heavy (non-hydrogen) atoms. The molecule has 1 aromatic heterocycles. The minimum Gasteiger partial charge on any atom is -0.336 e. The number of hydrogen-bond acceptors (Lipinski definition) is 2. The second-order valence-electron chi connectivity index (χ2n) is 6.25. The van der Waals surface area contributed by atoms with Gasteiger partial charge in [0, 0.05) is 34.6 Å². The van der Waals surface area contributed by atoms with Crippen LogP contribution in [-0.4, -0.2) is 53.5 Å². The first kappa shape index (κ1) is 16.5. The molecule has 5 heteroatoms. The number of aromatic nitrogens is 1. The van der Waals surface area contributed by atoms with Gasteiger partial charge >= 0.3 is 0 Å². The molecule has 0 saturated carbocycles. The van der Waals surface area contributed by atoms with Crippen molar-refractivity contribution in [2.45, 2.75) is 18.9 Å². The van der Waals surface area contributed by atoms with Gasteiger partial charge in [0.15, 0.2) is 0 Å². The second-order valence-corrected chi connectivity index (χ2v) is 7.50. The summed E-state index contributed by atoms with van der Waals surface area (Å²) in [5, 5.41) is 0. The van der Waals surface area contributed by atoms with Crippen molar-refractivity contribution in [1.29, 1.82) is 0 Å². The number of rotatable bonds is 3. The van der Waals surface area contributed by atoms with E-state index in [-0.39, 0.29) is 5.91 Å². The normalized spacial score (nSPS) is 18.4. The Morgan fingerprint density at radius 2 is 2.09 bits per heavy atom. The highest BCUT2D eigenvalue weighted by atomic mass is 127. The van der Waals surface area contributed by atoms with Crippen molar-refractivity contribution in [1.82, 2.24) is 14.4 Å². The Bertz CT molecular complexity index is 695. The third kappa shape index (κ3) is 3.61. The van der Waals surface area contributed by atoms with Gasteiger partial charge in [0.05, 0.1) is 0 Å². The lowest BCUT2D eigenvalue weighted by Gasteiger charge is -2.36. The minimum absolute atomic E-state index is 0.125. The molecule has 0 N–H and O–H groups in total. The average molecular weight is 423 g/mol. The maximum Gasteiger partial charge on any atom is 0.270 e. The second kappa shape index (κ2) is 7.05. The van der Waals surface area contributed by atoms with E-state index in [0.29, 0.717) is 6.04 Å². The number of hydrogen-bond donors (Lipinski definition) is 0. The fourth-order valence-electron chi connectivity index (χ4n) is 3.13. The van der Waals surface area contributed by atoms with Crippen LogP contribution in [0.4, 0.5) is 0 Å². The van der Waals surface area contributed by atoms with Gasteiger partial charge in [-0.15, -0.1) is 0 Å². The predicted molar refractivity (Wildman–Crippen MR) is 101 cm³/mol. The Balaban J connectivity index is 1.85. The van der Waals surface area contributed by atoms with Gasteiger partial charge in [-0.25, -0.2) is 0 Å². The highest BCUT2D eigenvalue weighted by molar-refractivity contribution is 14.1. The molecular weight excluding hydrogens is 401 g/mol. The molecule has 0 aliphatic carbocycles. The van der Waals surface area contributed by atoms with Crippen molar-refractivity contribution in [3.05, 3.63) is 51.9 Å². The minimum atomic E-state index is 0.125. The summed E-state index contributed by atoms with van der Waals surface area (Å²) in [6.45, 7) is 1.66. The van der Waals surface area contributed by atoms with Crippen LogP contribution in [0.25, 0.3) is 5.69 Å². The standard InChI is InChI=1S/C18H22IN3O/c1-20(2)16-8-4-10-21(13-16)18(23)17-9-5-11-22(17)15-7-3-6-14(19)12-15/h3,5-7,9,11-12,16H,4,8,10,13H2,1-2H3. The molecule has 1 aliphatic rings. The molecule has 1 unspecified atom stereocenters. The summed E-state index contributed by atoms with van der Waals surface area (Å²) in [6.07, 6.45) is 4.19. The SMILES string of the molecule is CN(C)C1CCCN(C(=O)c2cccn2-c2cccc(I)c2)C1. The Labute approximate surface area is 151 Å². The molecule has 1 aromatic carbocycles. The van der Waals surface area contributed by atoms with Gasteiger partial charge in [-0.05, 0) is 79.9 Å². The van der Waals surface area contributed by atoms with Crippen molar-refractivity contribution < 1.29 is 4.79 Å². The lowest BCUT2D eigenvalue weighted by molar-refractivity contribution is 0.0627. The maximum absolute atomic E-state index is 13.0. The van der Waals surface area contributed by atoms with Crippen molar-refractivity contribution >= 4 is 28.5 Å². The molecule has 2 heterocycles. The predicted octanol–water partition coefficient (Wildman–Crippen LogP) is 3.25. The third-order valence-corrected chi connectivity index (χ3v) is 5.14. The van der Waals surface area contributed by atoms with Gasteiger partial charge in [-0.1, -0.05) is 6.07 Å². The monoisotopic (exact) mass is 423 g/mol. The number of amides is 1. The van der Waals surface area contributed by atoms with E-state index in [4.69, 9.17) is 0 Å². The quantitative estimate of drug-likeness (QED) is 0.710. The molecule has 1 fully saturated rings. The van der Waals surface area contributed by atoms with Crippen molar-refractivity contribution in [2.24, 2.45) is 0 Å². The van der Waals surface area contributed by atoms with Gasteiger partial charge < -0.3 is 14.4 Å². The fraction of sp³-hybridized carbons (Fsp3) is 0.389. The average Bonchev–Trinajstić information content (AvgIpc) is 3.04. The number of nitrogens with zero attached hydrogens (tertiary/aromatic N) is 3. The van der Waals surface area contributed by atoms with Crippen molar-refractivity contribution in [3.63, 3.8) is 0 Å². The van der Waals surface area contributed by atoms with E-state index in [1.165, 1.54) is 0 Å². The van der Waals surface area contributed by atoms with Gasteiger partial charge in [0.2, 0.25) is 0 Å². The summed E-state index contributed by atoms with van der Waals surface area (Å²) in [7, 11) is 4.18. The Kier molecular flexibility index (Phi) is 5.06. The summed E-state index contributed by atoms with van der Waals surface area (Å²) >= 11 is 2.30. The molecular formula is C18H22IN3O. The van der Waals surface area contributed by atoms with Gasteiger partial charge in [-0.2, -0.15) is 0 Å². The van der Waals surface area contributed by atoms with Crippen LogP contribution in [0, 0.1) is 3.57 Å². The number of piperidine rings is 1. The molecule has 0 bridgehead atoms. The zero-order valence-corrected chi connectivity index (χ0v) is 15.7. The van der Waals surface area contributed by atoms with Crippen LogP contribution in [0.1, 0.15) is 23.3 Å². The lowest BCUT2D eigenvalue weighted by Crippen LogP contribution is -2.47. The first-order valence-corrected chi connectivity index (χ1v) is 9.03. The highest BCUT2D eigenvalue weighted by Gasteiger charge is 2.27. The van der Waals surface area contributed by atoms with Crippen LogP contribution >= 0.6 is 22.6 Å². The van der Waals surface area contributed by atoms with Crippen LogP contribution in [0.15, 0.2) is 42.6 Å². The van der Waals surface area contributed by atoms with E-state index in [0.717, 1.165) is 40.9 Å². The summed E-state index contributed by atoms with van der Waals surface area (Å²) in [6, 6.07) is 12.5. The van der Waals surface area contributed by atoms with Crippen molar-refractivity contribution in [3.8, 4) is 5.69 Å². The molecule has 1 amide bonds. The van der Waals surface area contributed by atoms with Gasteiger partial charge in [0.25, 0.3) is 5.91 Å². The van der Waals surface area contributed by atoms with Crippen LogP contribution < -0.4 is 0 Å². The Morgan fingerprint density at radius 1 is 1.26 bits per heavy atom. The number of likely N-dealkylation sites (N-methyl/N-ethyl adjacent to an activating group) is 1. The van der Waals surface area contributed by atoms with E-state index in [1.807, 2.05) is 39.9 Å². The summed E-state index contributed by atoms with van der Waals surface area (Å²) in [5.41, 5.74) is 1.78. The van der Waals surface area contributed by atoms with E-state index in [1.54, 1.807) is 0 Å². The first-order chi connectivity index (χ1) is 11.1. The number of carbonyl (C=O) groups excluding carboxylic acids is 1. The van der Waals surface area contributed by atoms with E-state index in [9.17, 15) is 4.79 Å². The van der Waals surface area contributed by atoms with Crippen LogP contribution in [-0.2, 0) is 0 Å². The van der Waals surface area contributed by atoms with Crippen LogP contribution in [0.3, 0.4) is 0 Å². The molecule has 2 aromatic rings. The number of halogens is 1. The third-order valence-electron chi connectivity index (χ3n) is 4.47. The molecule has 4 nitrogen and oxygen atoms in total. The summed E-state index contributed by atoms with van der Waals surface area (Å²) in [4.78, 5) is 17.2. The smallest absolute Gasteiger partial charge is 0.270 e. The zero-order chi connectivity index (χ0) is 16.4. The maximum atomic E-state index is 13.0. The number of benzene rings is 1. The molecule has 1 atom stereocenters. The van der Waals surface area contributed by atoms with Gasteiger partial charge in [-0.3, -0.25) is 4.79 Å². The van der Waals surface area contributed by atoms with Crippen LogP contribution in [0.2, 0.25) is 0 Å². The van der Waals surface area contributed by atoms with Gasteiger partial charge in [0.1, 0.15) is 5.69 Å².